The van der Waals surface area contributed by atoms with E-state index in [4.69, 9.17) is 4.42 Å². The molecule has 1 atom stereocenters. The molecule has 0 aliphatic heterocycles. The van der Waals surface area contributed by atoms with E-state index in [-0.39, 0.29) is 6.04 Å². The molecule has 1 aromatic heterocycles. The monoisotopic (exact) mass is 293 g/mol. The van der Waals surface area contributed by atoms with E-state index in [2.05, 4.69) is 46.4 Å². The predicted octanol–water partition coefficient (Wildman–Crippen LogP) is 4.83. The number of furan rings is 1. The first-order valence-corrected chi connectivity index (χ1v) is 6.44. The van der Waals surface area contributed by atoms with Crippen LogP contribution in [0.4, 0.5) is 5.69 Å². The fourth-order valence-corrected chi connectivity index (χ4v) is 2.39. The number of hydrogen-bond donors (Lipinski definition) is 1. The van der Waals surface area contributed by atoms with Gasteiger partial charge in [0.15, 0.2) is 0 Å². The Morgan fingerprint density at radius 1 is 1.24 bits per heavy atom. The van der Waals surface area contributed by atoms with Crippen LogP contribution in [0.3, 0.4) is 0 Å². The standard InChI is InChI=1S/C14H16BrNO/c1-9-7-14(11(3)17-9)10(2)16-13-6-4-5-12(15)8-13/h4-8,10,16H,1-3H3. The third-order valence-electron chi connectivity index (χ3n) is 2.75. The number of rotatable bonds is 3. The van der Waals surface area contributed by atoms with E-state index in [1.807, 2.05) is 26.0 Å². The van der Waals surface area contributed by atoms with Gasteiger partial charge < -0.3 is 9.73 Å². The van der Waals surface area contributed by atoms with Crippen LogP contribution >= 0.6 is 15.9 Å². The zero-order valence-corrected chi connectivity index (χ0v) is 11.8. The lowest BCUT2D eigenvalue weighted by atomic mass is 10.1. The molecule has 3 heteroatoms. The Bertz CT molecular complexity index is 519. The van der Waals surface area contributed by atoms with E-state index in [0.29, 0.717) is 0 Å². The van der Waals surface area contributed by atoms with Crippen molar-refractivity contribution in [3.63, 3.8) is 0 Å². The Labute approximate surface area is 110 Å². The third-order valence-corrected chi connectivity index (χ3v) is 3.25. The SMILES string of the molecule is Cc1cc(C(C)Nc2cccc(Br)c2)c(C)o1. The molecule has 2 nitrogen and oxygen atoms in total. The molecule has 90 valence electrons. The van der Waals surface area contributed by atoms with Crippen molar-refractivity contribution >= 4 is 21.6 Å². The van der Waals surface area contributed by atoms with Crippen molar-refractivity contribution < 1.29 is 4.42 Å². The van der Waals surface area contributed by atoms with Gasteiger partial charge in [-0.15, -0.1) is 0 Å². The molecule has 1 aromatic carbocycles. The molecule has 17 heavy (non-hydrogen) atoms. The summed E-state index contributed by atoms with van der Waals surface area (Å²) in [5.41, 5.74) is 2.31. The summed E-state index contributed by atoms with van der Waals surface area (Å²) >= 11 is 3.47. The summed E-state index contributed by atoms with van der Waals surface area (Å²) in [6, 6.07) is 10.5. The largest absolute Gasteiger partial charge is 0.466 e. The van der Waals surface area contributed by atoms with Crippen LogP contribution in [0.5, 0.6) is 0 Å². The number of halogens is 1. The van der Waals surface area contributed by atoms with E-state index in [0.717, 1.165) is 21.7 Å². The lowest BCUT2D eigenvalue weighted by molar-refractivity contribution is 0.500. The Hall–Kier alpha value is -1.22. The number of aryl methyl sites for hydroxylation is 2. The molecule has 0 spiro atoms. The second-order valence-corrected chi connectivity index (χ2v) is 5.16. The number of benzene rings is 1. The highest BCUT2D eigenvalue weighted by atomic mass is 79.9. The van der Waals surface area contributed by atoms with Crippen LogP contribution in [-0.2, 0) is 0 Å². The Morgan fingerprint density at radius 2 is 2.00 bits per heavy atom. The van der Waals surface area contributed by atoms with Gasteiger partial charge in [-0.2, -0.15) is 0 Å². The summed E-state index contributed by atoms with van der Waals surface area (Å²) in [4.78, 5) is 0. The number of nitrogens with one attached hydrogen (secondary N) is 1. The average Bonchev–Trinajstić information content (AvgIpc) is 2.58. The van der Waals surface area contributed by atoms with Gasteiger partial charge in [0.25, 0.3) is 0 Å². The predicted molar refractivity (Wildman–Crippen MR) is 74.4 cm³/mol. The molecule has 2 aromatic rings. The highest BCUT2D eigenvalue weighted by Crippen LogP contribution is 2.25. The lowest BCUT2D eigenvalue weighted by Gasteiger charge is -2.14. The van der Waals surface area contributed by atoms with Gasteiger partial charge in [-0.25, -0.2) is 0 Å². The van der Waals surface area contributed by atoms with Crippen molar-refractivity contribution in [3.05, 3.63) is 51.9 Å². The molecular formula is C14H16BrNO. The summed E-state index contributed by atoms with van der Waals surface area (Å²) < 4.78 is 6.63. The van der Waals surface area contributed by atoms with Crippen LogP contribution in [0, 0.1) is 13.8 Å². The average molecular weight is 294 g/mol. The molecule has 0 saturated carbocycles. The Kier molecular flexibility index (Phi) is 3.57. The first kappa shape index (κ1) is 12.2. The minimum absolute atomic E-state index is 0.238. The Morgan fingerprint density at radius 3 is 2.59 bits per heavy atom. The van der Waals surface area contributed by atoms with Crippen LogP contribution in [0.15, 0.2) is 39.2 Å². The van der Waals surface area contributed by atoms with E-state index < -0.39 is 0 Å². The Balaban J connectivity index is 2.16. The zero-order valence-electron chi connectivity index (χ0n) is 10.3. The quantitative estimate of drug-likeness (QED) is 0.877. The van der Waals surface area contributed by atoms with Gasteiger partial charge in [0, 0.05) is 15.7 Å². The summed E-state index contributed by atoms with van der Waals surface area (Å²) in [6.07, 6.45) is 0. The van der Waals surface area contributed by atoms with E-state index in [1.54, 1.807) is 0 Å². The van der Waals surface area contributed by atoms with Gasteiger partial charge >= 0.3 is 0 Å². The minimum Gasteiger partial charge on any atom is -0.466 e. The molecule has 0 amide bonds. The third kappa shape index (κ3) is 2.91. The van der Waals surface area contributed by atoms with Crippen molar-refractivity contribution in [1.29, 1.82) is 0 Å². The van der Waals surface area contributed by atoms with E-state index in [1.165, 1.54) is 5.56 Å². The zero-order chi connectivity index (χ0) is 12.4. The number of anilines is 1. The van der Waals surface area contributed by atoms with Crippen molar-refractivity contribution in [2.45, 2.75) is 26.8 Å². The fraction of sp³-hybridized carbons (Fsp3) is 0.286. The van der Waals surface area contributed by atoms with Gasteiger partial charge in [-0.1, -0.05) is 22.0 Å². The van der Waals surface area contributed by atoms with Gasteiger partial charge in [0.05, 0.1) is 6.04 Å². The summed E-state index contributed by atoms with van der Waals surface area (Å²) in [5, 5.41) is 3.46. The fourth-order valence-electron chi connectivity index (χ4n) is 1.99. The first-order chi connectivity index (χ1) is 8.06. The first-order valence-electron chi connectivity index (χ1n) is 5.65. The van der Waals surface area contributed by atoms with Crippen LogP contribution in [-0.4, -0.2) is 0 Å². The maximum atomic E-state index is 5.55. The van der Waals surface area contributed by atoms with Crippen LogP contribution in [0.1, 0.15) is 30.0 Å². The topological polar surface area (TPSA) is 25.2 Å². The van der Waals surface area contributed by atoms with Crippen molar-refractivity contribution in [2.24, 2.45) is 0 Å². The van der Waals surface area contributed by atoms with Crippen molar-refractivity contribution in [2.75, 3.05) is 5.32 Å². The van der Waals surface area contributed by atoms with Crippen molar-refractivity contribution in [1.82, 2.24) is 0 Å². The van der Waals surface area contributed by atoms with Gasteiger partial charge in [0.2, 0.25) is 0 Å². The van der Waals surface area contributed by atoms with Crippen LogP contribution in [0.25, 0.3) is 0 Å². The second-order valence-electron chi connectivity index (χ2n) is 4.24. The van der Waals surface area contributed by atoms with Crippen LogP contribution < -0.4 is 5.32 Å². The van der Waals surface area contributed by atoms with E-state index >= 15 is 0 Å². The molecule has 0 saturated heterocycles. The molecule has 0 aliphatic rings. The summed E-state index contributed by atoms with van der Waals surface area (Å²) in [5.74, 6) is 1.94. The molecule has 1 unspecified atom stereocenters. The highest BCUT2D eigenvalue weighted by Gasteiger charge is 2.12. The van der Waals surface area contributed by atoms with Gasteiger partial charge in [-0.05, 0) is 45.0 Å². The molecule has 2 rings (SSSR count). The minimum atomic E-state index is 0.238. The second kappa shape index (κ2) is 4.96. The molecule has 0 fully saturated rings. The maximum Gasteiger partial charge on any atom is 0.106 e. The van der Waals surface area contributed by atoms with E-state index in [9.17, 15) is 0 Å². The van der Waals surface area contributed by atoms with Gasteiger partial charge in [-0.3, -0.25) is 0 Å². The normalized spacial score (nSPS) is 12.5. The summed E-state index contributed by atoms with van der Waals surface area (Å²) in [7, 11) is 0. The maximum absolute atomic E-state index is 5.55. The summed E-state index contributed by atoms with van der Waals surface area (Å²) in [6.45, 7) is 6.11. The van der Waals surface area contributed by atoms with Crippen molar-refractivity contribution in [3.8, 4) is 0 Å². The smallest absolute Gasteiger partial charge is 0.106 e. The van der Waals surface area contributed by atoms with Crippen LogP contribution in [0.2, 0.25) is 0 Å². The molecule has 0 bridgehead atoms. The molecule has 0 radical (unpaired) electrons. The lowest BCUT2D eigenvalue weighted by Crippen LogP contribution is -2.06. The molecule has 1 heterocycles. The molecule has 1 N–H and O–H groups in total. The van der Waals surface area contributed by atoms with Gasteiger partial charge in [0.1, 0.15) is 11.5 Å². The molecule has 0 aliphatic carbocycles. The molecular weight excluding hydrogens is 278 g/mol. The number of hydrogen-bond acceptors (Lipinski definition) is 2. The highest BCUT2D eigenvalue weighted by molar-refractivity contribution is 9.10.